The fourth-order valence-corrected chi connectivity index (χ4v) is 1.81. The normalized spacial score (nSPS) is 12.3. The lowest BCUT2D eigenvalue weighted by Gasteiger charge is -2.17. The fraction of sp³-hybridized carbons (Fsp3) is 0.333. The number of benzene rings is 2. The van der Waals surface area contributed by atoms with Gasteiger partial charge in [-0.1, -0.05) is 57.2 Å². The number of carbonyl (C=O) groups excluding carboxylic acids is 1. The van der Waals surface area contributed by atoms with Crippen LogP contribution >= 0.6 is 0 Å². The van der Waals surface area contributed by atoms with Gasteiger partial charge in [0.2, 0.25) is 0 Å². The number of hydrogen-bond acceptors (Lipinski definition) is 3. The van der Waals surface area contributed by atoms with Crippen molar-refractivity contribution in [3.63, 3.8) is 0 Å². The number of ether oxygens (including phenoxy) is 1. The van der Waals surface area contributed by atoms with E-state index in [-0.39, 0.29) is 17.9 Å². The van der Waals surface area contributed by atoms with Crippen molar-refractivity contribution in [3.05, 3.63) is 42.5 Å². The highest BCUT2D eigenvalue weighted by atomic mass is 16.5. The molecule has 116 valence electrons. The molecule has 2 aromatic carbocycles. The summed E-state index contributed by atoms with van der Waals surface area (Å²) < 4.78 is 5.62. The van der Waals surface area contributed by atoms with Crippen LogP contribution in [0.2, 0.25) is 0 Å². The van der Waals surface area contributed by atoms with Crippen LogP contribution < -0.4 is 10.2 Å². The Hall–Kier alpha value is -2.36. The van der Waals surface area contributed by atoms with Crippen LogP contribution in [0.15, 0.2) is 47.6 Å². The van der Waals surface area contributed by atoms with E-state index in [1.165, 1.54) is 0 Å². The van der Waals surface area contributed by atoms with Crippen LogP contribution in [-0.2, 0) is 4.79 Å². The number of nitrogens with one attached hydrogen (secondary N) is 1. The zero-order valence-electron chi connectivity index (χ0n) is 13.5. The van der Waals surface area contributed by atoms with Crippen LogP contribution in [0.1, 0.15) is 27.7 Å². The summed E-state index contributed by atoms with van der Waals surface area (Å²) in [5.41, 5.74) is 3.33. The minimum absolute atomic E-state index is 0.0606. The second kappa shape index (κ2) is 6.60. The number of carbonyl (C=O) groups is 1. The molecule has 2 aromatic rings. The first-order chi connectivity index (χ1) is 10.4. The first-order valence-corrected chi connectivity index (χ1v) is 7.32. The van der Waals surface area contributed by atoms with Crippen molar-refractivity contribution in [3.8, 4) is 5.75 Å². The smallest absolute Gasteiger partial charge is 0.277 e. The molecular weight excluding hydrogens is 276 g/mol. The van der Waals surface area contributed by atoms with E-state index >= 15 is 0 Å². The molecule has 1 amide bonds. The molecule has 0 heterocycles. The van der Waals surface area contributed by atoms with E-state index in [1.807, 2.05) is 70.2 Å². The number of hydrazone groups is 1. The van der Waals surface area contributed by atoms with Crippen molar-refractivity contribution >= 4 is 22.4 Å². The lowest BCUT2D eigenvalue weighted by atomic mass is 9.91. The number of nitrogens with zero attached hydrogens (tertiary/aromatic N) is 1. The molecule has 4 nitrogen and oxygen atoms in total. The lowest BCUT2D eigenvalue weighted by molar-refractivity contribution is -0.123. The monoisotopic (exact) mass is 298 g/mol. The molecule has 0 unspecified atom stereocenters. The molecule has 0 aliphatic heterocycles. The Morgan fingerprint density at radius 1 is 1.14 bits per heavy atom. The minimum atomic E-state index is -0.267. The Morgan fingerprint density at radius 3 is 2.55 bits per heavy atom. The van der Waals surface area contributed by atoms with Gasteiger partial charge in [-0.05, 0) is 18.4 Å². The van der Waals surface area contributed by atoms with E-state index in [2.05, 4.69) is 10.5 Å². The quantitative estimate of drug-likeness (QED) is 0.690. The van der Waals surface area contributed by atoms with Gasteiger partial charge in [-0.2, -0.15) is 5.10 Å². The summed E-state index contributed by atoms with van der Waals surface area (Å²) in [4.78, 5) is 11.8. The molecule has 1 N–H and O–H groups in total. The van der Waals surface area contributed by atoms with Crippen molar-refractivity contribution in [1.29, 1.82) is 0 Å². The van der Waals surface area contributed by atoms with Gasteiger partial charge in [-0.15, -0.1) is 0 Å². The Balaban J connectivity index is 1.99. The molecule has 0 atom stereocenters. The molecule has 0 spiro atoms. The molecule has 2 rings (SSSR count). The van der Waals surface area contributed by atoms with E-state index in [0.717, 1.165) is 16.5 Å². The predicted molar refractivity (Wildman–Crippen MR) is 90.1 cm³/mol. The van der Waals surface area contributed by atoms with Crippen molar-refractivity contribution in [1.82, 2.24) is 5.43 Å². The van der Waals surface area contributed by atoms with Gasteiger partial charge in [0.15, 0.2) is 6.61 Å². The van der Waals surface area contributed by atoms with Crippen molar-refractivity contribution in [2.45, 2.75) is 27.7 Å². The summed E-state index contributed by atoms with van der Waals surface area (Å²) in [5, 5.41) is 6.19. The van der Waals surface area contributed by atoms with E-state index in [0.29, 0.717) is 5.75 Å². The molecule has 0 aliphatic rings. The molecule has 0 aliphatic carbocycles. The summed E-state index contributed by atoms with van der Waals surface area (Å²) in [6, 6.07) is 13.7. The lowest BCUT2D eigenvalue weighted by Crippen LogP contribution is -2.28. The molecule has 0 radical (unpaired) electrons. The van der Waals surface area contributed by atoms with E-state index in [9.17, 15) is 4.79 Å². The van der Waals surface area contributed by atoms with Gasteiger partial charge in [0.1, 0.15) is 5.75 Å². The first kappa shape index (κ1) is 16.0. The van der Waals surface area contributed by atoms with Gasteiger partial charge in [-0.3, -0.25) is 4.79 Å². The van der Waals surface area contributed by atoms with Gasteiger partial charge in [0, 0.05) is 16.5 Å². The third-order valence-corrected chi connectivity index (χ3v) is 3.54. The standard InChI is InChI=1S/C18H22N2O2/c1-13(18(2,3)4)19-20-17(21)12-22-16-11-7-9-14-8-5-6-10-15(14)16/h5-11H,12H2,1-4H3,(H,20,21). The highest BCUT2D eigenvalue weighted by Gasteiger charge is 2.14. The van der Waals surface area contributed by atoms with E-state index in [4.69, 9.17) is 4.74 Å². The maximum Gasteiger partial charge on any atom is 0.277 e. The van der Waals surface area contributed by atoms with E-state index in [1.54, 1.807) is 0 Å². The Labute approximate surface area is 131 Å². The summed E-state index contributed by atoms with van der Waals surface area (Å²) in [7, 11) is 0. The zero-order valence-corrected chi connectivity index (χ0v) is 13.5. The third-order valence-electron chi connectivity index (χ3n) is 3.54. The van der Waals surface area contributed by atoms with Gasteiger partial charge in [0.05, 0.1) is 0 Å². The predicted octanol–water partition coefficient (Wildman–Crippen LogP) is 3.76. The van der Waals surface area contributed by atoms with Crippen LogP contribution in [0.4, 0.5) is 0 Å². The van der Waals surface area contributed by atoms with Gasteiger partial charge >= 0.3 is 0 Å². The van der Waals surface area contributed by atoms with Gasteiger partial charge < -0.3 is 4.74 Å². The summed E-state index contributed by atoms with van der Waals surface area (Å²) in [5.74, 6) is 0.432. The zero-order chi connectivity index (χ0) is 16.2. The van der Waals surface area contributed by atoms with E-state index < -0.39 is 0 Å². The van der Waals surface area contributed by atoms with Gasteiger partial charge in [-0.25, -0.2) is 5.43 Å². The molecule has 22 heavy (non-hydrogen) atoms. The topological polar surface area (TPSA) is 50.7 Å². The number of rotatable bonds is 4. The minimum Gasteiger partial charge on any atom is -0.483 e. The maximum atomic E-state index is 11.8. The third kappa shape index (κ3) is 4.07. The van der Waals surface area contributed by atoms with Crippen molar-refractivity contribution < 1.29 is 9.53 Å². The Bertz CT molecular complexity index is 694. The SMILES string of the molecule is CC(=NNC(=O)COc1cccc2ccccc12)C(C)(C)C. The average Bonchev–Trinajstić information content (AvgIpc) is 2.49. The van der Waals surface area contributed by atoms with Crippen LogP contribution in [0.25, 0.3) is 10.8 Å². The Morgan fingerprint density at radius 2 is 1.82 bits per heavy atom. The molecule has 0 saturated heterocycles. The summed E-state index contributed by atoms with van der Waals surface area (Å²) in [6.45, 7) is 7.97. The highest BCUT2D eigenvalue weighted by Crippen LogP contribution is 2.24. The summed E-state index contributed by atoms with van der Waals surface area (Å²) >= 11 is 0. The molecule has 0 saturated carbocycles. The van der Waals surface area contributed by atoms with Crippen LogP contribution in [-0.4, -0.2) is 18.2 Å². The molecule has 0 bridgehead atoms. The first-order valence-electron chi connectivity index (χ1n) is 7.32. The average molecular weight is 298 g/mol. The summed E-state index contributed by atoms with van der Waals surface area (Å²) in [6.07, 6.45) is 0. The fourth-order valence-electron chi connectivity index (χ4n) is 1.81. The number of hydrogen-bond donors (Lipinski definition) is 1. The molecule has 4 heteroatoms. The largest absolute Gasteiger partial charge is 0.483 e. The Kier molecular flexibility index (Phi) is 4.81. The molecule has 0 fully saturated rings. The van der Waals surface area contributed by atoms with Crippen LogP contribution in [0.5, 0.6) is 5.75 Å². The molecular formula is C18H22N2O2. The number of fused-ring (bicyclic) bond motifs is 1. The van der Waals surface area contributed by atoms with Crippen LogP contribution in [0, 0.1) is 5.41 Å². The highest BCUT2D eigenvalue weighted by molar-refractivity contribution is 5.90. The van der Waals surface area contributed by atoms with Crippen molar-refractivity contribution in [2.24, 2.45) is 10.5 Å². The van der Waals surface area contributed by atoms with Crippen molar-refractivity contribution in [2.75, 3.05) is 6.61 Å². The van der Waals surface area contributed by atoms with Crippen LogP contribution in [0.3, 0.4) is 0 Å². The molecule has 0 aromatic heterocycles. The van der Waals surface area contributed by atoms with Gasteiger partial charge in [0.25, 0.3) is 5.91 Å². The second-order valence-electron chi connectivity index (χ2n) is 6.25. The second-order valence-corrected chi connectivity index (χ2v) is 6.25. The maximum absolute atomic E-state index is 11.8. The number of amides is 1.